The van der Waals surface area contributed by atoms with Crippen LogP contribution in [0.1, 0.15) is 19.3 Å². The van der Waals surface area contributed by atoms with Gasteiger partial charge in [0, 0.05) is 13.1 Å². The molecule has 0 atom stereocenters. The number of anilines is 1. The molecule has 0 aromatic carbocycles. The van der Waals surface area contributed by atoms with Gasteiger partial charge in [0.05, 0.1) is 25.0 Å². The van der Waals surface area contributed by atoms with E-state index in [4.69, 9.17) is 0 Å². The van der Waals surface area contributed by atoms with Gasteiger partial charge in [-0.15, -0.1) is 6.58 Å². The van der Waals surface area contributed by atoms with Gasteiger partial charge in [-0.1, -0.05) is 6.08 Å². The van der Waals surface area contributed by atoms with Gasteiger partial charge < -0.3 is 10.2 Å². The highest BCUT2D eigenvalue weighted by Gasteiger charge is 2.17. The van der Waals surface area contributed by atoms with Gasteiger partial charge in [-0.05, 0) is 35.2 Å². The number of likely N-dealkylation sites (tertiary alicyclic amines) is 1. The summed E-state index contributed by atoms with van der Waals surface area (Å²) in [6, 6.07) is 0. The van der Waals surface area contributed by atoms with E-state index in [1.807, 2.05) is 4.90 Å². The molecule has 0 radical (unpaired) electrons. The lowest BCUT2D eigenvalue weighted by molar-refractivity contribution is -0.130. The fourth-order valence-electron chi connectivity index (χ4n) is 2.27. The van der Waals surface area contributed by atoms with Gasteiger partial charge in [-0.3, -0.25) is 9.59 Å². The number of amides is 1. The third-order valence-corrected chi connectivity index (χ3v) is 4.19. The molecule has 1 aliphatic heterocycles. The number of carbonyl (C=O) groups excluding carboxylic acids is 1. The first-order chi connectivity index (χ1) is 10.1. The molecule has 1 fully saturated rings. The van der Waals surface area contributed by atoms with Crippen molar-refractivity contribution in [2.75, 3.05) is 25.0 Å². The van der Waals surface area contributed by atoms with Crippen molar-refractivity contribution in [3.63, 3.8) is 0 Å². The van der Waals surface area contributed by atoms with Crippen molar-refractivity contribution in [2.24, 2.45) is 0 Å². The van der Waals surface area contributed by atoms with Gasteiger partial charge in [0.25, 0.3) is 5.56 Å². The maximum Gasteiger partial charge on any atom is 0.283 e. The van der Waals surface area contributed by atoms with E-state index in [0.29, 0.717) is 16.7 Å². The van der Waals surface area contributed by atoms with Crippen molar-refractivity contribution in [1.29, 1.82) is 0 Å². The van der Waals surface area contributed by atoms with Crippen molar-refractivity contribution in [3.05, 3.63) is 33.7 Å². The molecule has 0 aliphatic carbocycles. The number of halogens is 1. The minimum Gasteiger partial charge on any atom is -0.374 e. The minimum atomic E-state index is -0.245. The Morgan fingerprint density at radius 1 is 1.43 bits per heavy atom. The molecule has 2 heterocycles. The lowest BCUT2D eigenvalue weighted by Crippen LogP contribution is -2.39. The maximum absolute atomic E-state index is 12.1. The number of carbonyl (C=O) groups is 1. The van der Waals surface area contributed by atoms with E-state index in [1.165, 1.54) is 11.1 Å². The molecule has 6 nitrogen and oxygen atoms in total. The first kappa shape index (κ1) is 15.8. The van der Waals surface area contributed by atoms with Crippen molar-refractivity contribution >= 4 is 27.5 Å². The summed E-state index contributed by atoms with van der Waals surface area (Å²) in [6.45, 7) is 5.74. The number of rotatable bonds is 5. The largest absolute Gasteiger partial charge is 0.374 e. The maximum atomic E-state index is 12.1. The minimum absolute atomic E-state index is 0.0527. The standard InChI is InChI=1S/C14H19BrN4O2/c1-2-6-19-14(21)13(15)11(9-17-19)16-10-12(20)18-7-4-3-5-8-18/h2,9,16H,1,3-8,10H2. The summed E-state index contributed by atoms with van der Waals surface area (Å²) in [5.74, 6) is 0.0527. The molecule has 1 saturated heterocycles. The molecule has 0 bridgehead atoms. The zero-order valence-corrected chi connectivity index (χ0v) is 13.4. The summed E-state index contributed by atoms with van der Waals surface area (Å²) in [4.78, 5) is 25.9. The second-order valence-corrected chi connectivity index (χ2v) is 5.74. The second kappa shape index (κ2) is 7.40. The summed E-state index contributed by atoms with van der Waals surface area (Å²) >= 11 is 3.25. The Morgan fingerprint density at radius 2 is 2.14 bits per heavy atom. The highest BCUT2D eigenvalue weighted by Crippen LogP contribution is 2.16. The van der Waals surface area contributed by atoms with Crippen LogP contribution in [-0.4, -0.2) is 40.2 Å². The topological polar surface area (TPSA) is 67.2 Å². The first-order valence-electron chi connectivity index (χ1n) is 7.01. The van der Waals surface area contributed by atoms with Crippen LogP contribution in [0.2, 0.25) is 0 Å². The number of nitrogens with one attached hydrogen (secondary N) is 1. The quantitative estimate of drug-likeness (QED) is 0.815. The Balaban J connectivity index is 1.99. The molecule has 0 saturated carbocycles. The summed E-state index contributed by atoms with van der Waals surface area (Å²) in [7, 11) is 0. The Hall–Kier alpha value is -1.63. The third-order valence-electron chi connectivity index (χ3n) is 3.43. The van der Waals surface area contributed by atoms with Gasteiger partial charge in [0.1, 0.15) is 4.47 Å². The van der Waals surface area contributed by atoms with Crippen LogP contribution in [-0.2, 0) is 11.3 Å². The molecule has 1 aromatic heterocycles. The molecular formula is C14H19BrN4O2. The van der Waals surface area contributed by atoms with E-state index in [9.17, 15) is 9.59 Å². The lowest BCUT2D eigenvalue weighted by atomic mass is 10.1. The van der Waals surface area contributed by atoms with E-state index in [0.717, 1.165) is 25.9 Å². The predicted octanol–water partition coefficient (Wildman–Crippen LogP) is 1.62. The number of allylic oxidation sites excluding steroid dienone is 1. The highest BCUT2D eigenvalue weighted by molar-refractivity contribution is 9.10. The van der Waals surface area contributed by atoms with Gasteiger partial charge in [-0.2, -0.15) is 5.10 Å². The Bertz CT molecular complexity index is 579. The van der Waals surface area contributed by atoms with Crippen LogP contribution < -0.4 is 10.9 Å². The normalized spacial score (nSPS) is 14.8. The van der Waals surface area contributed by atoms with E-state index in [2.05, 4.69) is 32.9 Å². The summed E-state index contributed by atoms with van der Waals surface area (Å²) in [6.07, 6.45) is 6.46. The van der Waals surface area contributed by atoms with E-state index < -0.39 is 0 Å². The van der Waals surface area contributed by atoms with Gasteiger partial charge >= 0.3 is 0 Å². The summed E-state index contributed by atoms with van der Waals surface area (Å²) in [5, 5.41) is 7.02. The molecule has 1 aliphatic rings. The highest BCUT2D eigenvalue weighted by atomic mass is 79.9. The summed E-state index contributed by atoms with van der Waals surface area (Å²) < 4.78 is 1.68. The van der Waals surface area contributed by atoms with E-state index >= 15 is 0 Å². The molecule has 2 rings (SSSR count). The number of hydrogen-bond acceptors (Lipinski definition) is 4. The fraction of sp³-hybridized carbons (Fsp3) is 0.500. The van der Waals surface area contributed by atoms with E-state index in [-0.39, 0.29) is 18.0 Å². The molecule has 0 spiro atoms. The third kappa shape index (κ3) is 3.93. The average Bonchev–Trinajstić information content (AvgIpc) is 2.52. The first-order valence-corrected chi connectivity index (χ1v) is 7.81. The number of piperidine rings is 1. The number of hydrogen-bond donors (Lipinski definition) is 1. The molecule has 0 unspecified atom stereocenters. The predicted molar refractivity (Wildman–Crippen MR) is 85.3 cm³/mol. The van der Waals surface area contributed by atoms with Crippen LogP contribution in [0.3, 0.4) is 0 Å². The molecule has 1 N–H and O–H groups in total. The smallest absolute Gasteiger partial charge is 0.283 e. The fourth-order valence-corrected chi connectivity index (χ4v) is 2.71. The molecular weight excluding hydrogens is 336 g/mol. The van der Waals surface area contributed by atoms with E-state index in [1.54, 1.807) is 12.3 Å². The van der Waals surface area contributed by atoms with Crippen LogP contribution in [0.25, 0.3) is 0 Å². The Labute approximate surface area is 132 Å². The summed E-state index contributed by atoms with van der Waals surface area (Å²) in [5.41, 5.74) is 0.288. The zero-order valence-electron chi connectivity index (χ0n) is 11.8. The molecule has 1 amide bonds. The monoisotopic (exact) mass is 354 g/mol. The Morgan fingerprint density at radius 3 is 2.81 bits per heavy atom. The van der Waals surface area contributed by atoms with Gasteiger partial charge in [-0.25, -0.2) is 4.68 Å². The van der Waals surface area contributed by atoms with Crippen LogP contribution in [0.5, 0.6) is 0 Å². The van der Waals surface area contributed by atoms with Crippen molar-refractivity contribution in [1.82, 2.24) is 14.7 Å². The van der Waals surface area contributed by atoms with Crippen LogP contribution in [0.15, 0.2) is 28.1 Å². The van der Waals surface area contributed by atoms with Crippen molar-refractivity contribution < 1.29 is 4.79 Å². The Kier molecular flexibility index (Phi) is 5.55. The van der Waals surface area contributed by atoms with Crippen molar-refractivity contribution in [2.45, 2.75) is 25.8 Å². The zero-order chi connectivity index (χ0) is 15.2. The SMILES string of the molecule is C=CCn1ncc(NCC(=O)N2CCCCC2)c(Br)c1=O. The van der Waals surface area contributed by atoms with Crippen LogP contribution in [0.4, 0.5) is 5.69 Å². The number of nitrogens with zero attached hydrogens (tertiary/aromatic N) is 3. The van der Waals surface area contributed by atoms with Gasteiger partial charge in [0.2, 0.25) is 5.91 Å². The van der Waals surface area contributed by atoms with Crippen LogP contribution >= 0.6 is 15.9 Å². The van der Waals surface area contributed by atoms with Crippen LogP contribution in [0, 0.1) is 0 Å². The second-order valence-electron chi connectivity index (χ2n) is 4.94. The lowest BCUT2D eigenvalue weighted by Gasteiger charge is -2.26. The average molecular weight is 355 g/mol. The molecule has 114 valence electrons. The number of aromatic nitrogens is 2. The van der Waals surface area contributed by atoms with Gasteiger partial charge in [0.15, 0.2) is 0 Å². The molecule has 21 heavy (non-hydrogen) atoms. The molecule has 7 heteroatoms. The molecule has 1 aromatic rings. The van der Waals surface area contributed by atoms with Crippen molar-refractivity contribution in [3.8, 4) is 0 Å².